The van der Waals surface area contributed by atoms with Gasteiger partial charge in [-0.2, -0.15) is 20.2 Å². The fraction of sp³-hybridized carbons (Fsp3) is 0.294. The molecule has 7 aromatic carbocycles. The van der Waals surface area contributed by atoms with Crippen LogP contribution in [0.3, 0.4) is 0 Å². The summed E-state index contributed by atoms with van der Waals surface area (Å²) < 4.78 is 4.51. The lowest BCUT2D eigenvalue weighted by Crippen LogP contribution is -2.30. The summed E-state index contributed by atoms with van der Waals surface area (Å²) in [7, 11) is 0. The highest BCUT2D eigenvalue weighted by Crippen LogP contribution is 2.68. The molecule has 0 radical (unpaired) electrons. The summed E-state index contributed by atoms with van der Waals surface area (Å²) in [6, 6.07) is 71.4. The molecule has 0 saturated heterocycles. The van der Waals surface area contributed by atoms with Gasteiger partial charge in [0.05, 0.1) is 25.8 Å². The maximum absolute atomic E-state index is 14.7. The van der Waals surface area contributed by atoms with E-state index in [0.29, 0.717) is 44.5 Å². The highest BCUT2D eigenvalue weighted by Gasteiger charge is 2.55. The summed E-state index contributed by atoms with van der Waals surface area (Å²) in [4.78, 5) is 43.7. The second-order valence-corrected chi connectivity index (χ2v) is 36.0. The summed E-state index contributed by atoms with van der Waals surface area (Å²) in [6.07, 6.45) is 26.8. The van der Waals surface area contributed by atoms with Crippen molar-refractivity contribution >= 4 is 110 Å². The number of fused-ring (bicyclic) bond motifs is 12. The van der Waals surface area contributed by atoms with Crippen LogP contribution in [-0.2, 0) is 36.5 Å². The highest BCUT2D eigenvalue weighted by atomic mass is 32.1. The molecule has 0 spiro atoms. The van der Waals surface area contributed by atoms with Crippen molar-refractivity contribution in [2.45, 2.75) is 195 Å². The van der Waals surface area contributed by atoms with Gasteiger partial charge in [0.15, 0.2) is 11.6 Å². The molecule has 0 amide bonds. The minimum atomic E-state index is -0.835. The van der Waals surface area contributed by atoms with Gasteiger partial charge in [0.25, 0.3) is 0 Å². The molecule has 16 rings (SSSR count). The van der Waals surface area contributed by atoms with E-state index in [1.165, 1.54) is 174 Å². The molecule has 0 unspecified atom stereocenters. The van der Waals surface area contributed by atoms with E-state index in [1.54, 1.807) is 34.8 Å². The Balaban J connectivity index is 0.00000111. The zero-order chi connectivity index (χ0) is 78.9. The monoisotopic (exact) mass is 1570 g/mol. The predicted molar refractivity (Wildman–Crippen MR) is 480 cm³/mol. The smallest absolute Gasteiger partial charge is 0.289 e. The number of rotatable bonds is 26. The summed E-state index contributed by atoms with van der Waals surface area (Å²) in [5.74, 6) is -0.479. The van der Waals surface area contributed by atoms with Gasteiger partial charge in [-0.1, -0.05) is 264 Å². The third-order valence-corrected chi connectivity index (χ3v) is 28.8. The Bertz CT molecular complexity index is 5380. The number of ketones is 2. The first-order valence-electron chi connectivity index (χ1n) is 40.8. The molecule has 5 aromatic heterocycles. The third kappa shape index (κ3) is 14.9. The number of Topliss-reactive ketones (excluding diaryl/α,β-unsaturated/α-hetero) is 2. The number of thiophene rings is 5. The van der Waals surface area contributed by atoms with Crippen LogP contribution in [-0.4, -0.2) is 11.6 Å². The molecular formula is C102H96N4O2S5. The Hall–Kier alpha value is -10.2. The van der Waals surface area contributed by atoms with E-state index in [-0.39, 0.29) is 23.0 Å². The first kappa shape index (κ1) is 79.5. The molecule has 12 aromatic rings. The number of carbonyl (C=O) groups excluding carboxylic acids is 2. The van der Waals surface area contributed by atoms with Crippen molar-refractivity contribution in [3.63, 3.8) is 0 Å². The number of allylic oxidation sites excluding steroid dienone is 5. The Kier molecular flexibility index (Phi) is 24.9. The fourth-order valence-corrected chi connectivity index (χ4v) is 23.9. The van der Waals surface area contributed by atoms with Crippen LogP contribution in [0.5, 0.6) is 0 Å². The molecule has 5 heterocycles. The lowest BCUT2D eigenvalue weighted by atomic mass is 9.65. The van der Waals surface area contributed by atoms with Crippen LogP contribution in [0.25, 0.3) is 72.7 Å². The Morgan fingerprint density at radius 1 is 0.398 bits per heavy atom. The molecular weight excluding hydrogens is 1470 g/mol. The number of benzene rings is 7. The van der Waals surface area contributed by atoms with E-state index in [0.717, 1.165) is 79.9 Å². The van der Waals surface area contributed by atoms with Gasteiger partial charge in [0.2, 0.25) is 0 Å². The number of aryl methyl sites for hydroxylation is 6. The maximum atomic E-state index is 14.7. The molecule has 113 heavy (non-hydrogen) atoms. The molecule has 11 heteroatoms. The third-order valence-electron chi connectivity index (χ3n) is 23.1. The van der Waals surface area contributed by atoms with Crippen molar-refractivity contribution in [3.05, 3.63) is 336 Å². The van der Waals surface area contributed by atoms with Crippen LogP contribution < -0.4 is 0 Å². The number of hydrogen-bond acceptors (Lipinski definition) is 9. The van der Waals surface area contributed by atoms with Crippen molar-refractivity contribution in [2.75, 3.05) is 0 Å². The summed E-state index contributed by atoms with van der Waals surface area (Å²) in [6.45, 7) is 33.6. The number of unbranched alkanes of at least 4 members (excludes halogenated alkanes) is 12. The second-order valence-electron chi connectivity index (χ2n) is 30.2. The average Bonchev–Trinajstić information content (AvgIpc) is 1.49. The van der Waals surface area contributed by atoms with Gasteiger partial charge in [0, 0.05) is 77.6 Å². The maximum Gasteiger partial charge on any atom is 0.528 e. The summed E-state index contributed by atoms with van der Waals surface area (Å²) >= 11 is 8.88. The summed E-state index contributed by atoms with van der Waals surface area (Å²) in [5, 5.41) is 20.9. The number of hydrogen-bond donors (Lipinski definition) is 0. The molecule has 0 atom stereocenters. The van der Waals surface area contributed by atoms with Gasteiger partial charge in [-0.05, 0) is 192 Å². The van der Waals surface area contributed by atoms with E-state index in [9.17, 15) is 20.1 Å². The van der Waals surface area contributed by atoms with Crippen LogP contribution in [0.1, 0.15) is 262 Å². The van der Waals surface area contributed by atoms with Crippen LogP contribution >= 0.6 is 56.7 Å². The fourth-order valence-electron chi connectivity index (χ4n) is 17.6. The second kappa shape index (κ2) is 35.5. The standard InChI is InChI=1S/C94H82N4O2S4.C6H8S.C2H6/c1-7-11-15-19-27-59-35-43-64(44-36-59)93(65-45-37-60(38-46-65)28-20-16-12-8-2)78-56-75-79(55-74(78)88-84(93)90-80(103-88)53-68(101-90)51-76-82(63(57-95)58-96)70-31-23-25-33-72(70)86(76)99)94(66-47-39-61(40-48-66)29-21-17-13-9-3,67-49-41-62(42-50-67)30-22-18-14-10-4)85-89(75)104-81-54-69(102-91(81)85)52-77-83(92(97-5)98-6)71-32-24-26-34-73(71)87(77)100;1-5-3-4-6(2)7-5;1-2/h23-26,31-56H,7-22,27-30H2,1-4H3;3-4H,1-2H3;1-2H3/b76-51+,77-52+;;. The Morgan fingerprint density at radius 3 is 1.04 bits per heavy atom. The highest BCUT2D eigenvalue weighted by molar-refractivity contribution is 7.31. The average molecular weight is 1570 g/mol. The molecule has 0 fully saturated rings. The summed E-state index contributed by atoms with van der Waals surface area (Å²) in [5.41, 5.74) is 19.4. The zero-order valence-electron chi connectivity index (χ0n) is 66.3. The van der Waals surface area contributed by atoms with Gasteiger partial charge in [-0.15, -0.1) is 56.7 Å². The van der Waals surface area contributed by atoms with Gasteiger partial charge >= 0.3 is 5.82 Å². The first-order chi connectivity index (χ1) is 55.3. The number of carbonyl (C=O) groups is 2. The zero-order valence-corrected chi connectivity index (χ0v) is 70.3. The van der Waals surface area contributed by atoms with E-state index in [1.807, 2.05) is 96.4 Å². The quantitative estimate of drug-likeness (QED) is 0.0234. The predicted octanol–water partition coefficient (Wildman–Crippen LogP) is 29.7. The van der Waals surface area contributed by atoms with Crippen molar-refractivity contribution < 1.29 is 9.59 Å². The molecule has 6 nitrogen and oxygen atoms in total. The molecule has 0 N–H and O–H groups in total. The van der Waals surface area contributed by atoms with Crippen molar-refractivity contribution in [1.29, 1.82) is 10.5 Å². The van der Waals surface area contributed by atoms with E-state index >= 15 is 0 Å². The van der Waals surface area contributed by atoms with Gasteiger partial charge in [0.1, 0.15) is 30.9 Å². The van der Waals surface area contributed by atoms with Crippen LogP contribution in [0.2, 0.25) is 0 Å². The van der Waals surface area contributed by atoms with Crippen LogP contribution in [0, 0.1) is 49.7 Å². The minimum absolute atomic E-state index is 0.0786. The Labute approximate surface area is 688 Å². The normalized spacial score (nSPS) is 14.3. The van der Waals surface area contributed by atoms with Gasteiger partial charge < -0.3 is 0 Å². The van der Waals surface area contributed by atoms with Crippen molar-refractivity contribution in [2.24, 2.45) is 0 Å². The van der Waals surface area contributed by atoms with Crippen molar-refractivity contribution in [1.82, 2.24) is 0 Å². The molecule has 0 aliphatic heterocycles. The van der Waals surface area contributed by atoms with E-state index < -0.39 is 10.8 Å². The Morgan fingerprint density at radius 2 is 0.726 bits per heavy atom. The topological polar surface area (TPSA) is 90.4 Å². The molecule has 4 aliphatic rings. The van der Waals surface area contributed by atoms with E-state index in [2.05, 4.69) is 197 Å². The van der Waals surface area contributed by atoms with Crippen LogP contribution in [0.4, 0.5) is 0 Å². The lowest BCUT2D eigenvalue weighted by molar-refractivity contribution is 0.103. The first-order valence-corrected chi connectivity index (χ1v) is 44.9. The largest absolute Gasteiger partial charge is 0.528 e. The molecule has 0 bridgehead atoms. The van der Waals surface area contributed by atoms with Crippen molar-refractivity contribution in [3.8, 4) is 33.0 Å². The van der Waals surface area contributed by atoms with Crippen LogP contribution in [0.15, 0.2) is 205 Å². The van der Waals surface area contributed by atoms with Gasteiger partial charge in [-0.3, -0.25) is 9.59 Å². The number of nitriles is 2. The number of nitrogens with zero attached hydrogens (tertiary/aromatic N) is 4. The molecule has 0 saturated carbocycles. The molecule has 566 valence electrons. The van der Waals surface area contributed by atoms with E-state index in [4.69, 9.17) is 13.1 Å². The lowest BCUT2D eigenvalue weighted by Gasteiger charge is -2.36. The molecule has 4 aliphatic carbocycles. The SMILES string of the molecule is CC.Cc1ccc(C)s1.[C-]#[N+]C([N+]#[C-])=C1/C(=C\c2cc3sc4c(c3s2)C(c2ccc(CCCCCC)cc2)(c2ccc(CCCCCC)cc2)c2cc3c(cc2-4)C(c2ccc(CCCCCC)cc2)(c2ccc(CCCCCC)cc2)c2c-3sc3cc(/C=C4/C(=O)c5ccccc5C4=C(C#N)C#N)sc23)C(=O)c2ccccc21. The van der Waals surface area contributed by atoms with Gasteiger partial charge in [-0.25, -0.2) is 0 Å². The minimum Gasteiger partial charge on any atom is -0.289 e.